The van der Waals surface area contributed by atoms with Crippen molar-refractivity contribution in [1.29, 1.82) is 0 Å². The number of fused-ring (bicyclic) bond motifs is 1. The molecule has 3 heterocycles. The van der Waals surface area contributed by atoms with Gasteiger partial charge >= 0.3 is 0 Å². The van der Waals surface area contributed by atoms with Crippen LogP contribution in [0.25, 0.3) is 10.1 Å². The molecule has 2 N–H and O–H groups in total. The SMILES string of the molecule is Cc1cc(C)nc(N/C(=N/C(=S)Nc2ccc(F)cc2)N2CCN(c3nsc4ccccc34)CC2)n1. The Morgan fingerprint density at radius 1 is 0.972 bits per heavy atom. The number of aliphatic imine (C=N–C) groups is 1. The molecule has 0 radical (unpaired) electrons. The molecule has 11 heteroatoms. The van der Waals surface area contributed by atoms with Crippen LogP contribution in [0.1, 0.15) is 11.4 Å². The summed E-state index contributed by atoms with van der Waals surface area (Å²) in [7, 11) is 0. The Labute approximate surface area is 218 Å². The molecule has 0 atom stereocenters. The number of piperazine rings is 1. The lowest BCUT2D eigenvalue weighted by molar-refractivity contribution is 0.384. The van der Waals surface area contributed by atoms with Crippen LogP contribution >= 0.6 is 23.8 Å². The van der Waals surface area contributed by atoms with Crippen LogP contribution in [0.2, 0.25) is 0 Å². The maximum atomic E-state index is 13.3. The van der Waals surface area contributed by atoms with Gasteiger partial charge in [0.15, 0.2) is 0 Å². The van der Waals surface area contributed by atoms with Crippen molar-refractivity contribution in [3.05, 3.63) is 71.8 Å². The fourth-order valence-corrected chi connectivity index (χ4v) is 5.07. The molecule has 0 amide bonds. The number of halogens is 1. The Hall–Kier alpha value is -3.70. The van der Waals surface area contributed by atoms with Crippen LogP contribution in [0.5, 0.6) is 0 Å². The molecular weight excluding hydrogens is 495 g/mol. The summed E-state index contributed by atoms with van der Waals surface area (Å²) in [5.41, 5.74) is 2.38. The Morgan fingerprint density at radius 3 is 2.39 bits per heavy atom. The standard InChI is InChI=1S/C25H25FN8S2/c1-16-15-17(2)28-23(27-16)30-24(31-25(35)29-19-9-7-18(26)8-10-19)34-13-11-33(12-14-34)22-20-5-3-4-6-21(20)36-32-22/h3-10,15H,11-14H2,1-2H3,(H2,27,28,29,30,31,35). The summed E-state index contributed by atoms with van der Waals surface area (Å²) in [6.07, 6.45) is 0. The summed E-state index contributed by atoms with van der Waals surface area (Å²) in [4.78, 5) is 18.1. The van der Waals surface area contributed by atoms with E-state index in [4.69, 9.17) is 16.6 Å². The predicted molar refractivity (Wildman–Crippen MR) is 149 cm³/mol. The molecule has 2 aromatic heterocycles. The predicted octanol–water partition coefficient (Wildman–Crippen LogP) is 4.83. The van der Waals surface area contributed by atoms with E-state index in [0.717, 1.165) is 30.3 Å². The fourth-order valence-electron chi connectivity index (χ4n) is 4.07. The molecule has 5 rings (SSSR count). The lowest BCUT2D eigenvalue weighted by atomic mass is 10.2. The van der Waals surface area contributed by atoms with Crippen molar-refractivity contribution < 1.29 is 4.39 Å². The number of anilines is 3. The smallest absolute Gasteiger partial charge is 0.229 e. The molecule has 1 aliphatic rings. The molecule has 8 nitrogen and oxygen atoms in total. The molecule has 0 saturated carbocycles. The summed E-state index contributed by atoms with van der Waals surface area (Å²) in [6.45, 7) is 6.83. The number of hydrogen-bond acceptors (Lipinski definition) is 6. The highest BCUT2D eigenvalue weighted by atomic mass is 32.1. The zero-order chi connectivity index (χ0) is 25.1. The summed E-state index contributed by atoms with van der Waals surface area (Å²) in [5.74, 6) is 1.73. The summed E-state index contributed by atoms with van der Waals surface area (Å²) in [6, 6.07) is 16.2. The third-order valence-electron chi connectivity index (χ3n) is 5.75. The normalized spacial score (nSPS) is 14.2. The van der Waals surface area contributed by atoms with E-state index in [0.29, 0.717) is 30.7 Å². The van der Waals surface area contributed by atoms with E-state index in [1.54, 1.807) is 12.1 Å². The zero-order valence-electron chi connectivity index (χ0n) is 19.9. The van der Waals surface area contributed by atoms with Gasteiger partial charge in [-0.2, -0.15) is 9.37 Å². The first-order valence-corrected chi connectivity index (χ1v) is 12.7. The van der Waals surface area contributed by atoms with Crippen molar-refractivity contribution in [3.63, 3.8) is 0 Å². The van der Waals surface area contributed by atoms with Crippen LogP contribution < -0.4 is 15.5 Å². The monoisotopic (exact) mass is 520 g/mol. The van der Waals surface area contributed by atoms with Gasteiger partial charge in [-0.05, 0) is 80.1 Å². The molecular formula is C25H25FN8S2. The van der Waals surface area contributed by atoms with Crippen LogP contribution in [0.15, 0.2) is 59.6 Å². The molecule has 0 bridgehead atoms. The van der Waals surface area contributed by atoms with E-state index in [-0.39, 0.29) is 10.9 Å². The number of aryl methyl sites for hydroxylation is 2. The number of guanidine groups is 1. The highest BCUT2D eigenvalue weighted by Gasteiger charge is 2.24. The van der Waals surface area contributed by atoms with Crippen LogP contribution in [-0.2, 0) is 0 Å². The first kappa shape index (κ1) is 24.0. The minimum atomic E-state index is -0.310. The van der Waals surface area contributed by atoms with Gasteiger partial charge in [-0.3, -0.25) is 5.32 Å². The average molecular weight is 521 g/mol. The van der Waals surface area contributed by atoms with Gasteiger partial charge in [-0.1, -0.05) is 12.1 Å². The van der Waals surface area contributed by atoms with Crippen molar-refractivity contribution >= 4 is 62.4 Å². The third kappa shape index (κ3) is 5.58. The van der Waals surface area contributed by atoms with Crippen molar-refractivity contribution in [2.45, 2.75) is 13.8 Å². The minimum Gasteiger partial charge on any atom is -0.352 e. The van der Waals surface area contributed by atoms with Crippen LogP contribution in [-0.4, -0.2) is 56.5 Å². The Morgan fingerprint density at radius 2 is 1.67 bits per heavy atom. The van der Waals surface area contributed by atoms with Gasteiger partial charge in [0.05, 0.1) is 4.70 Å². The molecule has 4 aromatic rings. The quantitative estimate of drug-likeness (QED) is 0.226. The van der Waals surface area contributed by atoms with Gasteiger partial charge in [0, 0.05) is 48.6 Å². The Kier molecular flexibility index (Phi) is 7.01. The maximum Gasteiger partial charge on any atom is 0.229 e. The van der Waals surface area contributed by atoms with Crippen LogP contribution in [0.3, 0.4) is 0 Å². The Balaban J connectivity index is 1.35. The lowest BCUT2D eigenvalue weighted by Crippen LogP contribution is -2.51. The largest absolute Gasteiger partial charge is 0.352 e. The van der Waals surface area contributed by atoms with Gasteiger partial charge in [0.1, 0.15) is 11.6 Å². The van der Waals surface area contributed by atoms with Crippen molar-refractivity contribution in [2.75, 3.05) is 41.7 Å². The highest BCUT2D eigenvalue weighted by Crippen LogP contribution is 2.29. The summed E-state index contributed by atoms with van der Waals surface area (Å²) >= 11 is 7.03. The average Bonchev–Trinajstić information content (AvgIpc) is 3.29. The number of thiocarbonyl (C=S) groups is 1. The molecule has 0 aliphatic carbocycles. The van der Waals surface area contributed by atoms with E-state index >= 15 is 0 Å². The van der Waals surface area contributed by atoms with Crippen molar-refractivity contribution in [3.8, 4) is 0 Å². The molecule has 1 fully saturated rings. The van der Waals surface area contributed by atoms with Gasteiger partial charge < -0.3 is 15.1 Å². The van der Waals surface area contributed by atoms with Crippen molar-refractivity contribution in [2.24, 2.45) is 4.99 Å². The Bertz CT molecular complexity index is 1390. The minimum absolute atomic E-state index is 0.251. The first-order valence-electron chi connectivity index (χ1n) is 11.5. The lowest BCUT2D eigenvalue weighted by Gasteiger charge is -2.36. The van der Waals surface area contributed by atoms with Crippen molar-refractivity contribution in [1.82, 2.24) is 19.2 Å². The molecule has 184 valence electrons. The van der Waals surface area contributed by atoms with Gasteiger partial charge in [0.25, 0.3) is 0 Å². The van der Waals surface area contributed by atoms with E-state index in [1.165, 1.54) is 33.8 Å². The van der Waals surface area contributed by atoms with Gasteiger partial charge in [-0.15, -0.1) is 0 Å². The molecule has 1 saturated heterocycles. The number of nitrogens with zero attached hydrogens (tertiary/aromatic N) is 6. The second-order valence-corrected chi connectivity index (χ2v) is 9.64. The molecule has 2 aromatic carbocycles. The molecule has 1 aliphatic heterocycles. The van der Waals surface area contributed by atoms with E-state index in [2.05, 4.69) is 47.5 Å². The van der Waals surface area contributed by atoms with Crippen LogP contribution in [0.4, 0.5) is 21.8 Å². The molecule has 0 spiro atoms. The van der Waals surface area contributed by atoms with E-state index in [9.17, 15) is 4.39 Å². The van der Waals surface area contributed by atoms with E-state index in [1.807, 2.05) is 32.0 Å². The fraction of sp³-hybridized carbons (Fsp3) is 0.240. The summed E-state index contributed by atoms with van der Waals surface area (Å²) in [5, 5.41) is 7.75. The number of rotatable bonds is 3. The third-order valence-corrected chi connectivity index (χ3v) is 6.76. The molecule has 36 heavy (non-hydrogen) atoms. The molecule has 0 unspecified atom stereocenters. The summed E-state index contributed by atoms with van der Waals surface area (Å²) < 4.78 is 19.2. The topological polar surface area (TPSA) is 81.6 Å². The number of aromatic nitrogens is 3. The zero-order valence-corrected chi connectivity index (χ0v) is 21.5. The first-order chi connectivity index (χ1) is 17.4. The number of hydrogen-bond donors (Lipinski definition) is 2. The van der Waals surface area contributed by atoms with Crippen LogP contribution in [0, 0.1) is 19.7 Å². The number of benzene rings is 2. The van der Waals surface area contributed by atoms with E-state index < -0.39 is 0 Å². The van der Waals surface area contributed by atoms with Gasteiger partial charge in [0.2, 0.25) is 17.0 Å². The number of nitrogens with one attached hydrogen (secondary N) is 2. The van der Waals surface area contributed by atoms with Gasteiger partial charge in [-0.25, -0.2) is 14.4 Å². The second kappa shape index (κ2) is 10.5. The second-order valence-electron chi connectivity index (χ2n) is 8.45. The highest BCUT2D eigenvalue weighted by molar-refractivity contribution is 7.80. The maximum absolute atomic E-state index is 13.3.